The van der Waals surface area contributed by atoms with Crippen molar-refractivity contribution in [1.29, 1.82) is 0 Å². The lowest BCUT2D eigenvalue weighted by Crippen LogP contribution is -2.49. The number of anilines is 1. The summed E-state index contributed by atoms with van der Waals surface area (Å²) in [4.78, 5) is 15.0. The highest BCUT2D eigenvalue weighted by molar-refractivity contribution is 6.34. The van der Waals surface area contributed by atoms with Gasteiger partial charge in [0.05, 0.1) is 10.6 Å². The molecule has 1 aromatic rings. The van der Waals surface area contributed by atoms with E-state index in [4.69, 9.17) is 11.6 Å². The highest BCUT2D eigenvalue weighted by Gasteiger charge is 2.36. The Bertz CT molecular complexity index is 530. The van der Waals surface area contributed by atoms with Crippen LogP contribution in [0.2, 0.25) is 5.02 Å². The van der Waals surface area contributed by atoms with Crippen LogP contribution in [-0.2, 0) is 0 Å². The van der Waals surface area contributed by atoms with Gasteiger partial charge in [-0.3, -0.25) is 4.79 Å². The summed E-state index contributed by atoms with van der Waals surface area (Å²) in [6.07, 6.45) is 7.40. The van der Waals surface area contributed by atoms with E-state index in [-0.39, 0.29) is 5.91 Å². The van der Waals surface area contributed by atoms with Gasteiger partial charge in [-0.05, 0) is 49.8 Å². The highest BCUT2D eigenvalue weighted by Crippen LogP contribution is 2.36. The molecule has 21 heavy (non-hydrogen) atoms. The molecular formula is C17H23ClN2O. The van der Waals surface area contributed by atoms with Gasteiger partial charge < -0.3 is 10.2 Å². The average Bonchev–Trinajstić information content (AvgIpc) is 2.53. The number of carbonyl (C=O) groups is 1. The maximum absolute atomic E-state index is 12.9. The molecule has 4 heteroatoms. The maximum atomic E-state index is 12.9. The predicted molar refractivity (Wildman–Crippen MR) is 87.0 cm³/mol. The fraction of sp³-hybridized carbons (Fsp3) is 0.588. The Labute approximate surface area is 131 Å². The summed E-state index contributed by atoms with van der Waals surface area (Å²) >= 11 is 6.31. The van der Waals surface area contributed by atoms with Crippen molar-refractivity contribution in [2.75, 3.05) is 18.9 Å². The first-order chi connectivity index (χ1) is 10.2. The summed E-state index contributed by atoms with van der Waals surface area (Å²) in [7, 11) is 1.85. The molecule has 1 saturated heterocycles. The van der Waals surface area contributed by atoms with E-state index in [0.717, 1.165) is 25.1 Å². The Morgan fingerprint density at radius 1 is 1.24 bits per heavy atom. The number of nitrogens with one attached hydrogen (secondary N) is 1. The molecule has 1 N–H and O–H groups in total. The zero-order valence-electron chi connectivity index (χ0n) is 12.6. The molecule has 2 fully saturated rings. The first-order valence-corrected chi connectivity index (χ1v) is 8.37. The quantitative estimate of drug-likeness (QED) is 0.889. The molecule has 0 aromatic heterocycles. The van der Waals surface area contributed by atoms with E-state index in [1.165, 1.54) is 25.7 Å². The van der Waals surface area contributed by atoms with Crippen LogP contribution in [0.15, 0.2) is 18.2 Å². The van der Waals surface area contributed by atoms with Crippen LogP contribution < -0.4 is 5.32 Å². The summed E-state index contributed by atoms with van der Waals surface area (Å²) in [6.45, 7) is 0.879. The topological polar surface area (TPSA) is 32.3 Å². The van der Waals surface area contributed by atoms with Crippen LogP contribution in [0.5, 0.6) is 0 Å². The summed E-state index contributed by atoms with van der Waals surface area (Å²) in [5.74, 6) is 0.811. The normalized spacial score (nSPS) is 25.3. The minimum Gasteiger partial charge on any atom is -0.388 e. The molecule has 2 atom stereocenters. The molecule has 114 valence electrons. The van der Waals surface area contributed by atoms with Crippen molar-refractivity contribution in [3.8, 4) is 0 Å². The van der Waals surface area contributed by atoms with Crippen LogP contribution in [0.3, 0.4) is 0 Å². The third-order valence-corrected chi connectivity index (χ3v) is 5.30. The van der Waals surface area contributed by atoms with Gasteiger partial charge in [0.1, 0.15) is 0 Å². The van der Waals surface area contributed by atoms with Crippen LogP contribution in [-0.4, -0.2) is 30.4 Å². The van der Waals surface area contributed by atoms with E-state index in [2.05, 4.69) is 10.2 Å². The first kappa shape index (κ1) is 14.7. The maximum Gasteiger partial charge on any atom is 0.255 e. The van der Waals surface area contributed by atoms with E-state index in [1.807, 2.05) is 25.2 Å². The molecule has 2 aliphatic rings. The second kappa shape index (κ2) is 6.27. The Morgan fingerprint density at radius 2 is 2.00 bits per heavy atom. The lowest BCUT2D eigenvalue weighted by atomic mass is 9.78. The molecule has 0 bridgehead atoms. The van der Waals surface area contributed by atoms with Crippen molar-refractivity contribution in [3.05, 3.63) is 28.8 Å². The predicted octanol–water partition coefficient (Wildman–Crippen LogP) is 4.18. The Morgan fingerprint density at radius 3 is 2.76 bits per heavy atom. The minimum absolute atomic E-state index is 0.110. The van der Waals surface area contributed by atoms with E-state index in [0.29, 0.717) is 22.5 Å². The van der Waals surface area contributed by atoms with E-state index in [1.54, 1.807) is 0 Å². The largest absolute Gasteiger partial charge is 0.388 e. The lowest BCUT2D eigenvalue weighted by molar-refractivity contribution is 0.0391. The van der Waals surface area contributed by atoms with Crippen molar-refractivity contribution in [2.24, 2.45) is 5.92 Å². The van der Waals surface area contributed by atoms with Crippen molar-refractivity contribution in [3.63, 3.8) is 0 Å². The Hall–Kier alpha value is -1.22. The molecule has 3 rings (SSSR count). The summed E-state index contributed by atoms with van der Waals surface area (Å²) in [5, 5.41) is 3.60. The van der Waals surface area contributed by atoms with Gasteiger partial charge in [-0.15, -0.1) is 0 Å². The first-order valence-electron chi connectivity index (χ1n) is 7.99. The average molecular weight is 307 g/mol. The molecule has 1 saturated carbocycles. The number of hydrogen-bond donors (Lipinski definition) is 1. The van der Waals surface area contributed by atoms with Gasteiger partial charge in [-0.25, -0.2) is 0 Å². The molecule has 1 amide bonds. The van der Waals surface area contributed by atoms with Crippen LogP contribution in [0, 0.1) is 5.92 Å². The number of nitrogens with zero attached hydrogens (tertiary/aromatic N) is 1. The molecule has 1 aromatic carbocycles. The molecular weight excluding hydrogens is 284 g/mol. The molecule has 0 spiro atoms. The zero-order valence-corrected chi connectivity index (χ0v) is 13.3. The van der Waals surface area contributed by atoms with Gasteiger partial charge in [-0.1, -0.05) is 24.4 Å². The van der Waals surface area contributed by atoms with Crippen molar-refractivity contribution >= 4 is 23.2 Å². The van der Waals surface area contributed by atoms with E-state index >= 15 is 0 Å². The van der Waals surface area contributed by atoms with Crippen LogP contribution in [0.25, 0.3) is 0 Å². The number of amides is 1. The van der Waals surface area contributed by atoms with Crippen LogP contribution in [0.1, 0.15) is 48.9 Å². The highest BCUT2D eigenvalue weighted by atomic mass is 35.5. The van der Waals surface area contributed by atoms with E-state index < -0.39 is 0 Å². The smallest absolute Gasteiger partial charge is 0.255 e. The third-order valence-electron chi connectivity index (χ3n) is 4.99. The molecule has 1 aliphatic carbocycles. The SMILES string of the molecule is CNc1ccc(C(=O)N2CCC[C@@H]3CCCC[C@H]32)c(Cl)c1. The lowest BCUT2D eigenvalue weighted by Gasteiger charge is -2.44. The Balaban J connectivity index is 1.83. The summed E-state index contributed by atoms with van der Waals surface area (Å²) in [6, 6.07) is 6.03. The summed E-state index contributed by atoms with van der Waals surface area (Å²) in [5.41, 5.74) is 1.58. The second-order valence-electron chi connectivity index (χ2n) is 6.20. The number of likely N-dealkylation sites (tertiary alicyclic amines) is 1. The number of hydrogen-bond acceptors (Lipinski definition) is 2. The molecule has 0 radical (unpaired) electrons. The van der Waals surface area contributed by atoms with Gasteiger partial charge in [-0.2, -0.15) is 0 Å². The van der Waals surface area contributed by atoms with Crippen LogP contribution >= 0.6 is 11.6 Å². The third kappa shape index (κ3) is 2.89. The number of benzene rings is 1. The molecule has 3 nitrogen and oxygen atoms in total. The number of carbonyl (C=O) groups excluding carboxylic acids is 1. The molecule has 1 heterocycles. The van der Waals surface area contributed by atoms with E-state index in [9.17, 15) is 4.79 Å². The van der Waals surface area contributed by atoms with Gasteiger partial charge >= 0.3 is 0 Å². The fourth-order valence-corrected chi connectivity index (χ4v) is 4.14. The van der Waals surface area contributed by atoms with Crippen LogP contribution in [0.4, 0.5) is 5.69 Å². The summed E-state index contributed by atoms with van der Waals surface area (Å²) < 4.78 is 0. The van der Waals surface area contributed by atoms with Gasteiger partial charge in [0.15, 0.2) is 0 Å². The Kier molecular flexibility index (Phi) is 4.39. The van der Waals surface area contributed by atoms with Gasteiger partial charge in [0, 0.05) is 25.3 Å². The number of halogens is 1. The van der Waals surface area contributed by atoms with Gasteiger partial charge in [0.25, 0.3) is 5.91 Å². The number of rotatable bonds is 2. The second-order valence-corrected chi connectivity index (χ2v) is 6.60. The molecule has 1 aliphatic heterocycles. The van der Waals surface area contributed by atoms with Crippen molar-refractivity contribution in [1.82, 2.24) is 4.90 Å². The monoisotopic (exact) mass is 306 g/mol. The number of piperidine rings is 1. The zero-order chi connectivity index (χ0) is 14.8. The van der Waals surface area contributed by atoms with Crippen molar-refractivity contribution in [2.45, 2.75) is 44.6 Å². The number of fused-ring (bicyclic) bond motifs is 1. The standard InChI is InChI=1S/C17H23ClN2O/c1-19-13-8-9-14(15(18)11-13)17(21)20-10-4-6-12-5-2-3-7-16(12)20/h8-9,11-12,16,19H,2-7,10H2,1H3/t12-,16+/m0/s1. The van der Waals surface area contributed by atoms with Crippen molar-refractivity contribution < 1.29 is 4.79 Å². The molecule has 0 unspecified atom stereocenters. The fourth-order valence-electron chi connectivity index (χ4n) is 3.88. The minimum atomic E-state index is 0.110. The van der Waals surface area contributed by atoms with Gasteiger partial charge in [0.2, 0.25) is 0 Å².